The van der Waals surface area contributed by atoms with Crippen molar-refractivity contribution < 1.29 is 4.79 Å². The first-order valence-corrected chi connectivity index (χ1v) is 13.8. The molecule has 0 bridgehead atoms. The minimum Gasteiger partial charge on any atom is -0.382 e. The monoisotopic (exact) mass is 536 g/mol. The molecule has 0 unspecified atom stereocenters. The zero-order valence-corrected chi connectivity index (χ0v) is 22.3. The maximum atomic E-state index is 13.1. The SMILES string of the molecule is C[C@@H]1CNc2c(sc3ccc4nc(Nc5nc(Cl)ncc5C(=O)NC5CCN(C)CC5)ccc4c23)CN1. The molecule has 2 aliphatic heterocycles. The number of amides is 1. The van der Waals surface area contributed by atoms with Crippen molar-refractivity contribution in [1.29, 1.82) is 0 Å². The van der Waals surface area contributed by atoms with Gasteiger partial charge in [0.2, 0.25) is 5.28 Å². The highest BCUT2D eigenvalue weighted by molar-refractivity contribution is 7.20. The second-order valence-electron chi connectivity index (χ2n) is 9.84. The van der Waals surface area contributed by atoms with Crippen LogP contribution < -0.4 is 21.3 Å². The first-order chi connectivity index (χ1) is 17.9. The van der Waals surface area contributed by atoms with Crippen LogP contribution in [0.25, 0.3) is 21.0 Å². The molecular weight excluding hydrogens is 508 g/mol. The van der Waals surface area contributed by atoms with E-state index in [4.69, 9.17) is 16.6 Å². The highest BCUT2D eigenvalue weighted by atomic mass is 35.5. The maximum absolute atomic E-state index is 13.1. The summed E-state index contributed by atoms with van der Waals surface area (Å²) in [7, 11) is 2.09. The fourth-order valence-electron chi connectivity index (χ4n) is 4.98. The number of fused-ring (bicyclic) bond motifs is 5. The maximum Gasteiger partial charge on any atom is 0.256 e. The number of carbonyl (C=O) groups is 1. The van der Waals surface area contributed by atoms with E-state index in [1.165, 1.54) is 26.8 Å². The van der Waals surface area contributed by atoms with Gasteiger partial charge in [-0.05, 0) is 75.8 Å². The number of anilines is 3. The number of nitrogens with zero attached hydrogens (tertiary/aromatic N) is 4. The van der Waals surface area contributed by atoms with E-state index in [1.54, 1.807) is 0 Å². The molecule has 1 amide bonds. The van der Waals surface area contributed by atoms with E-state index in [-0.39, 0.29) is 17.2 Å². The van der Waals surface area contributed by atoms with Crippen molar-refractivity contribution >= 4 is 67.2 Å². The molecule has 5 heterocycles. The normalized spacial score (nSPS) is 18.8. The average molecular weight is 537 g/mol. The van der Waals surface area contributed by atoms with Gasteiger partial charge in [0.25, 0.3) is 5.91 Å². The molecule has 1 saturated heterocycles. The molecule has 0 radical (unpaired) electrons. The number of aromatic nitrogens is 3. The summed E-state index contributed by atoms with van der Waals surface area (Å²) in [5.41, 5.74) is 2.40. The average Bonchev–Trinajstić information content (AvgIpc) is 3.15. The van der Waals surface area contributed by atoms with Crippen LogP contribution in [0.15, 0.2) is 30.5 Å². The summed E-state index contributed by atoms with van der Waals surface area (Å²) in [5.74, 6) is 0.704. The van der Waals surface area contributed by atoms with Gasteiger partial charge in [-0.1, -0.05) is 0 Å². The van der Waals surface area contributed by atoms with E-state index in [0.717, 1.165) is 49.9 Å². The number of benzene rings is 1. The molecule has 11 heteroatoms. The van der Waals surface area contributed by atoms with Gasteiger partial charge in [0.05, 0.1) is 11.2 Å². The summed E-state index contributed by atoms with van der Waals surface area (Å²) in [6, 6.07) is 8.68. The number of thiophene rings is 1. The lowest BCUT2D eigenvalue weighted by atomic mass is 10.1. The minimum absolute atomic E-state index is 0.0655. The summed E-state index contributed by atoms with van der Waals surface area (Å²) in [5, 5.41) is 15.9. The van der Waals surface area contributed by atoms with Crippen molar-refractivity contribution in [2.45, 2.75) is 38.4 Å². The van der Waals surface area contributed by atoms with Gasteiger partial charge in [-0.15, -0.1) is 11.3 Å². The Labute approximate surface area is 224 Å². The molecule has 192 valence electrons. The van der Waals surface area contributed by atoms with Crippen LogP contribution in [0.5, 0.6) is 0 Å². The molecule has 3 aromatic heterocycles. The van der Waals surface area contributed by atoms with Gasteiger partial charge in [0.1, 0.15) is 17.2 Å². The number of piperidine rings is 1. The standard InChI is InChI=1S/C26H29ClN8OS/c1-14-11-29-23-20(13-28-14)37-19-5-4-18-16(22(19)23)3-6-21(32-18)33-24-17(12-30-26(27)34-24)25(36)31-15-7-9-35(2)10-8-15/h3-6,12,14-15,28-29H,7-11,13H2,1-2H3,(H,31,36)(H,30,32,33,34)/t14-/m1/s1. The predicted molar refractivity (Wildman–Crippen MR) is 150 cm³/mol. The Morgan fingerprint density at radius 3 is 2.86 bits per heavy atom. The first kappa shape index (κ1) is 24.3. The Hall–Kier alpha value is -3.05. The lowest BCUT2D eigenvalue weighted by Gasteiger charge is -2.29. The highest BCUT2D eigenvalue weighted by Gasteiger charge is 2.23. The van der Waals surface area contributed by atoms with Crippen LogP contribution in [0.3, 0.4) is 0 Å². The zero-order chi connectivity index (χ0) is 25.5. The lowest BCUT2D eigenvalue weighted by molar-refractivity contribution is 0.0917. The van der Waals surface area contributed by atoms with Crippen LogP contribution in [-0.2, 0) is 6.54 Å². The van der Waals surface area contributed by atoms with Crippen LogP contribution in [0.1, 0.15) is 35.0 Å². The van der Waals surface area contributed by atoms with Gasteiger partial charge in [0.15, 0.2) is 0 Å². The molecule has 0 saturated carbocycles. The zero-order valence-electron chi connectivity index (χ0n) is 20.8. The number of carbonyl (C=O) groups excluding carboxylic acids is 1. The van der Waals surface area contributed by atoms with E-state index in [2.05, 4.69) is 62.2 Å². The summed E-state index contributed by atoms with van der Waals surface area (Å²) >= 11 is 7.91. The van der Waals surface area contributed by atoms with Crippen molar-refractivity contribution in [2.75, 3.05) is 37.3 Å². The Morgan fingerprint density at radius 1 is 1.19 bits per heavy atom. The van der Waals surface area contributed by atoms with Crippen LogP contribution >= 0.6 is 22.9 Å². The minimum atomic E-state index is -0.217. The number of hydrogen-bond acceptors (Lipinski definition) is 9. The Balaban J connectivity index is 1.29. The third-order valence-corrected chi connectivity index (χ3v) is 8.43. The summed E-state index contributed by atoms with van der Waals surface area (Å²) < 4.78 is 1.24. The molecule has 4 aromatic rings. The van der Waals surface area contributed by atoms with Gasteiger partial charge >= 0.3 is 0 Å². The molecule has 37 heavy (non-hydrogen) atoms. The number of hydrogen-bond donors (Lipinski definition) is 4. The molecule has 0 aliphatic carbocycles. The molecule has 9 nitrogen and oxygen atoms in total. The molecule has 1 aromatic carbocycles. The van der Waals surface area contributed by atoms with Crippen molar-refractivity contribution in [1.82, 2.24) is 30.5 Å². The van der Waals surface area contributed by atoms with Crippen molar-refractivity contribution in [3.8, 4) is 0 Å². The predicted octanol–water partition coefficient (Wildman–Crippen LogP) is 4.36. The van der Waals surface area contributed by atoms with Crippen LogP contribution in [-0.4, -0.2) is 64.5 Å². The molecule has 2 aliphatic rings. The summed E-state index contributed by atoms with van der Waals surface area (Å²) in [6.45, 7) is 5.83. The topological polar surface area (TPSA) is 107 Å². The molecule has 0 spiro atoms. The number of pyridine rings is 1. The van der Waals surface area contributed by atoms with Crippen molar-refractivity contribution in [3.63, 3.8) is 0 Å². The van der Waals surface area contributed by atoms with E-state index < -0.39 is 0 Å². The van der Waals surface area contributed by atoms with E-state index in [0.29, 0.717) is 23.2 Å². The Kier molecular flexibility index (Phi) is 6.58. The quantitative estimate of drug-likeness (QED) is 0.285. The third kappa shape index (κ3) is 4.94. The number of halogens is 1. The lowest BCUT2D eigenvalue weighted by Crippen LogP contribution is -2.43. The second kappa shape index (κ2) is 10.0. The smallest absolute Gasteiger partial charge is 0.256 e. The second-order valence-corrected chi connectivity index (χ2v) is 11.3. The van der Waals surface area contributed by atoms with Crippen LogP contribution in [0.2, 0.25) is 5.28 Å². The van der Waals surface area contributed by atoms with E-state index >= 15 is 0 Å². The van der Waals surface area contributed by atoms with E-state index in [1.807, 2.05) is 23.5 Å². The molecule has 4 N–H and O–H groups in total. The number of nitrogens with one attached hydrogen (secondary N) is 4. The molecule has 6 rings (SSSR count). The Morgan fingerprint density at radius 2 is 2.03 bits per heavy atom. The van der Waals surface area contributed by atoms with Gasteiger partial charge in [0, 0.05) is 51.7 Å². The number of rotatable bonds is 4. The van der Waals surface area contributed by atoms with Gasteiger partial charge in [-0.3, -0.25) is 4.79 Å². The number of likely N-dealkylation sites (tertiary alicyclic amines) is 1. The fraction of sp³-hybridized carbons (Fsp3) is 0.385. The molecule has 1 atom stereocenters. The Bertz CT molecular complexity index is 1480. The third-order valence-electron chi connectivity index (χ3n) is 7.10. The van der Waals surface area contributed by atoms with Crippen LogP contribution in [0.4, 0.5) is 17.3 Å². The van der Waals surface area contributed by atoms with Gasteiger partial charge in [-0.2, -0.15) is 4.98 Å². The first-order valence-electron chi connectivity index (χ1n) is 12.6. The molecular formula is C26H29ClN8OS. The summed E-state index contributed by atoms with van der Waals surface area (Å²) in [6.07, 6.45) is 3.29. The fourth-order valence-corrected chi connectivity index (χ4v) is 6.27. The van der Waals surface area contributed by atoms with Crippen LogP contribution in [0, 0.1) is 0 Å². The summed E-state index contributed by atoms with van der Waals surface area (Å²) in [4.78, 5) is 29.9. The van der Waals surface area contributed by atoms with E-state index in [9.17, 15) is 4.79 Å². The highest BCUT2D eigenvalue weighted by Crippen LogP contribution is 2.41. The van der Waals surface area contributed by atoms with Gasteiger partial charge in [-0.25, -0.2) is 9.97 Å². The molecule has 1 fully saturated rings. The van der Waals surface area contributed by atoms with Crippen molar-refractivity contribution in [3.05, 3.63) is 46.2 Å². The van der Waals surface area contributed by atoms with Gasteiger partial charge < -0.3 is 26.2 Å². The largest absolute Gasteiger partial charge is 0.382 e. The van der Waals surface area contributed by atoms with Crippen molar-refractivity contribution in [2.24, 2.45) is 0 Å².